The van der Waals surface area contributed by atoms with E-state index in [0.717, 1.165) is 45.1 Å². The number of carboxylic acid groups (broad SMARTS) is 1. The summed E-state index contributed by atoms with van der Waals surface area (Å²) in [6.45, 7) is 2.90. The van der Waals surface area contributed by atoms with Crippen LogP contribution in [0.1, 0.15) is 51.9 Å². The van der Waals surface area contributed by atoms with Crippen molar-refractivity contribution in [1.82, 2.24) is 10.2 Å². The molecule has 0 aromatic rings. The fraction of sp³-hybridized carbons (Fsp3) is 0.857. The molecular formula is C14H24N2O3. The Balaban J connectivity index is 1.86. The SMILES string of the molecule is CCCCN(C(=O)NC(CC(=O)O)C1CC1)C1CC1. The van der Waals surface area contributed by atoms with Crippen LogP contribution in [0.2, 0.25) is 0 Å². The van der Waals surface area contributed by atoms with Crippen LogP contribution >= 0.6 is 0 Å². The number of nitrogens with one attached hydrogen (secondary N) is 1. The number of hydrogen-bond donors (Lipinski definition) is 2. The van der Waals surface area contributed by atoms with E-state index in [1.807, 2.05) is 4.90 Å². The van der Waals surface area contributed by atoms with Gasteiger partial charge in [-0.25, -0.2) is 4.79 Å². The van der Waals surface area contributed by atoms with Crippen molar-refractivity contribution in [3.05, 3.63) is 0 Å². The van der Waals surface area contributed by atoms with Crippen molar-refractivity contribution in [2.45, 2.75) is 64.0 Å². The van der Waals surface area contributed by atoms with E-state index in [9.17, 15) is 9.59 Å². The summed E-state index contributed by atoms with van der Waals surface area (Å²) >= 11 is 0. The van der Waals surface area contributed by atoms with Gasteiger partial charge in [0.05, 0.1) is 6.42 Å². The molecule has 0 aromatic carbocycles. The monoisotopic (exact) mass is 268 g/mol. The number of rotatable bonds is 8. The first kappa shape index (κ1) is 14.2. The lowest BCUT2D eigenvalue weighted by Crippen LogP contribution is -2.47. The predicted molar refractivity (Wildman–Crippen MR) is 71.9 cm³/mol. The summed E-state index contributed by atoms with van der Waals surface area (Å²) in [6, 6.07) is 0.137. The molecule has 0 heterocycles. The second kappa shape index (κ2) is 6.26. The van der Waals surface area contributed by atoms with E-state index in [2.05, 4.69) is 12.2 Å². The molecule has 5 nitrogen and oxygen atoms in total. The van der Waals surface area contributed by atoms with E-state index < -0.39 is 5.97 Å². The van der Waals surface area contributed by atoms with Crippen LogP contribution in [0, 0.1) is 5.92 Å². The Morgan fingerprint density at radius 2 is 2.00 bits per heavy atom. The largest absolute Gasteiger partial charge is 0.481 e. The third-order valence-electron chi connectivity index (χ3n) is 3.90. The normalized spacial score (nSPS) is 19.8. The highest BCUT2D eigenvalue weighted by Gasteiger charge is 2.37. The van der Waals surface area contributed by atoms with Gasteiger partial charge in [0.1, 0.15) is 0 Å². The Hall–Kier alpha value is -1.26. The van der Waals surface area contributed by atoms with Crippen molar-refractivity contribution in [2.24, 2.45) is 5.92 Å². The minimum absolute atomic E-state index is 0.0443. The average Bonchev–Trinajstić information content (AvgIpc) is 3.20. The number of carboxylic acids is 1. The Kier molecular flexibility index (Phi) is 4.66. The molecule has 19 heavy (non-hydrogen) atoms. The first-order chi connectivity index (χ1) is 9.11. The summed E-state index contributed by atoms with van der Waals surface area (Å²) < 4.78 is 0. The number of urea groups is 1. The quantitative estimate of drug-likeness (QED) is 0.709. The van der Waals surface area contributed by atoms with E-state index in [1.54, 1.807) is 0 Å². The van der Waals surface area contributed by atoms with E-state index in [4.69, 9.17) is 5.11 Å². The van der Waals surface area contributed by atoms with E-state index >= 15 is 0 Å². The standard InChI is InChI=1S/C14H24N2O3/c1-2-3-8-16(11-6-7-11)14(19)15-12(9-13(17)18)10-4-5-10/h10-12H,2-9H2,1H3,(H,15,19)(H,17,18). The third-order valence-corrected chi connectivity index (χ3v) is 3.90. The van der Waals surface area contributed by atoms with Gasteiger partial charge in [-0.05, 0) is 38.0 Å². The van der Waals surface area contributed by atoms with E-state index in [1.165, 1.54) is 0 Å². The highest BCUT2D eigenvalue weighted by molar-refractivity contribution is 5.76. The first-order valence-electron chi connectivity index (χ1n) is 7.40. The zero-order valence-electron chi connectivity index (χ0n) is 11.6. The second-order valence-corrected chi connectivity index (χ2v) is 5.77. The van der Waals surface area contributed by atoms with Crippen LogP contribution in [-0.4, -0.2) is 40.6 Å². The maximum atomic E-state index is 12.3. The van der Waals surface area contributed by atoms with Gasteiger partial charge < -0.3 is 15.3 Å². The van der Waals surface area contributed by atoms with Gasteiger partial charge in [-0.15, -0.1) is 0 Å². The second-order valence-electron chi connectivity index (χ2n) is 5.77. The highest BCUT2D eigenvalue weighted by atomic mass is 16.4. The summed E-state index contributed by atoms with van der Waals surface area (Å²) in [7, 11) is 0. The smallest absolute Gasteiger partial charge is 0.317 e. The number of unbranched alkanes of at least 4 members (excludes halogenated alkanes) is 1. The molecule has 2 rings (SSSR count). The zero-order valence-corrected chi connectivity index (χ0v) is 11.6. The van der Waals surface area contributed by atoms with E-state index in [0.29, 0.717) is 12.0 Å². The fourth-order valence-electron chi connectivity index (χ4n) is 2.43. The van der Waals surface area contributed by atoms with Crippen molar-refractivity contribution in [3.63, 3.8) is 0 Å². The van der Waals surface area contributed by atoms with Crippen LogP contribution in [0.3, 0.4) is 0 Å². The Labute approximate surface area is 114 Å². The maximum Gasteiger partial charge on any atom is 0.317 e. The number of amides is 2. The van der Waals surface area contributed by atoms with Crippen LogP contribution in [0.5, 0.6) is 0 Å². The van der Waals surface area contributed by atoms with Crippen LogP contribution in [0.25, 0.3) is 0 Å². The minimum Gasteiger partial charge on any atom is -0.481 e. The molecule has 5 heteroatoms. The van der Waals surface area contributed by atoms with Crippen molar-refractivity contribution in [3.8, 4) is 0 Å². The molecule has 1 atom stereocenters. The van der Waals surface area contributed by atoms with Crippen LogP contribution in [0.15, 0.2) is 0 Å². The molecule has 0 spiro atoms. The zero-order chi connectivity index (χ0) is 13.8. The molecule has 2 aliphatic carbocycles. The van der Waals surface area contributed by atoms with Gasteiger partial charge in [0, 0.05) is 18.6 Å². The molecule has 0 radical (unpaired) electrons. The molecule has 0 aromatic heterocycles. The van der Waals surface area contributed by atoms with Crippen molar-refractivity contribution >= 4 is 12.0 Å². The molecule has 1 unspecified atom stereocenters. The van der Waals surface area contributed by atoms with Crippen LogP contribution < -0.4 is 5.32 Å². The van der Waals surface area contributed by atoms with Gasteiger partial charge in [-0.1, -0.05) is 13.3 Å². The average molecular weight is 268 g/mol. The molecule has 2 saturated carbocycles. The lowest BCUT2D eigenvalue weighted by Gasteiger charge is -2.26. The summed E-state index contributed by atoms with van der Waals surface area (Å²) in [6.07, 6.45) is 6.37. The molecule has 108 valence electrons. The highest BCUT2D eigenvalue weighted by Crippen LogP contribution is 2.34. The molecule has 0 aliphatic heterocycles. The molecule has 0 bridgehead atoms. The minimum atomic E-state index is -0.830. The lowest BCUT2D eigenvalue weighted by molar-refractivity contribution is -0.137. The molecular weight excluding hydrogens is 244 g/mol. The van der Waals surface area contributed by atoms with Gasteiger partial charge in [0.25, 0.3) is 0 Å². The summed E-state index contributed by atoms with van der Waals surface area (Å²) in [5.74, 6) is -0.462. The molecule has 0 saturated heterocycles. The third kappa shape index (κ3) is 4.40. The molecule has 2 N–H and O–H groups in total. The number of hydrogen-bond acceptors (Lipinski definition) is 2. The molecule has 2 amide bonds. The predicted octanol–water partition coefficient (Wildman–Crippen LogP) is 2.21. The Morgan fingerprint density at radius 1 is 1.32 bits per heavy atom. The number of aliphatic carboxylic acids is 1. The van der Waals surface area contributed by atoms with Gasteiger partial charge in [0.2, 0.25) is 0 Å². The Morgan fingerprint density at radius 3 is 2.47 bits per heavy atom. The van der Waals surface area contributed by atoms with E-state index in [-0.39, 0.29) is 18.5 Å². The summed E-state index contributed by atoms with van der Waals surface area (Å²) in [4.78, 5) is 25.0. The summed E-state index contributed by atoms with van der Waals surface area (Å²) in [5.41, 5.74) is 0. The van der Waals surface area contributed by atoms with Gasteiger partial charge in [-0.3, -0.25) is 4.79 Å². The molecule has 2 fully saturated rings. The van der Waals surface area contributed by atoms with Gasteiger partial charge in [0.15, 0.2) is 0 Å². The van der Waals surface area contributed by atoms with Crippen LogP contribution in [0.4, 0.5) is 4.79 Å². The Bertz CT molecular complexity index is 338. The topological polar surface area (TPSA) is 69.6 Å². The lowest BCUT2D eigenvalue weighted by atomic mass is 10.1. The van der Waals surface area contributed by atoms with Crippen LogP contribution in [-0.2, 0) is 4.79 Å². The first-order valence-corrected chi connectivity index (χ1v) is 7.40. The maximum absolute atomic E-state index is 12.3. The van der Waals surface area contributed by atoms with Gasteiger partial charge >= 0.3 is 12.0 Å². The molecule has 2 aliphatic rings. The number of carbonyl (C=O) groups excluding carboxylic acids is 1. The van der Waals surface area contributed by atoms with Crippen molar-refractivity contribution < 1.29 is 14.7 Å². The number of carbonyl (C=O) groups is 2. The van der Waals surface area contributed by atoms with Crippen molar-refractivity contribution in [2.75, 3.05) is 6.54 Å². The van der Waals surface area contributed by atoms with Crippen molar-refractivity contribution in [1.29, 1.82) is 0 Å². The number of nitrogens with zero attached hydrogens (tertiary/aromatic N) is 1. The summed E-state index contributed by atoms with van der Waals surface area (Å²) in [5, 5.41) is 11.9. The van der Waals surface area contributed by atoms with Gasteiger partial charge in [-0.2, -0.15) is 0 Å². The fourth-order valence-corrected chi connectivity index (χ4v) is 2.43.